The van der Waals surface area contributed by atoms with Gasteiger partial charge >= 0.3 is 0 Å². The summed E-state index contributed by atoms with van der Waals surface area (Å²) in [6, 6.07) is 10.9. The Kier molecular flexibility index (Phi) is 6.23. The summed E-state index contributed by atoms with van der Waals surface area (Å²) in [6.07, 6.45) is 3.34. The van der Waals surface area contributed by atoms with E-state index in [1.807, 2.05) is 39.1 Å². The van der Waals surface area contributed by atoms with Crippen molar-refractivity contribution in [3.05, 3.63) is 64.7 Å². The molecular formula is C24H26N6O3. The van der Waals surface area contributed by atoms with Crippen LogP contribution in [0.15, 0.2) is 58.1 Å². The number of hydrogen-bond acceptors (Lipinski definition) is 8. The van der Waals surface area contributed by atoms with Crippen molar-refractivity contribution in [3.63, 3.8) is 0 Å². The summed E-state index contributed by atoms with van der Waals surface area (Å²) < 4.78 is 12.8. The van der Waals surface area contributed by atoms with E-state index in [0.717, 1.165) is 23.2 Å². The minimum atomic E-state index is -0.0769. The lowest BCUT2D eigenvalue weighted by Gasteiger charge is -2.11. The molecular weight excluding hydrogens is 420 g/mol. The van der Waals surface area contributed by atoms with Gasteiger partial charge in [-0.25, -0.2) is 9.97 Å². The van der Waals surface area contributed by atoms with Gasteiger partial charge in [0, 0.05) is 42.0 Å². The van der Waals surface area contributed by atoms with E-state index >= 15 is 0 Å². The SMILES string of the molecule is CNCc1ccc(-c2cc(-c3nc(-c4ccc(=O)n(C(C)C)c4)cnc3N)on2)c(OC)c1. The molecule has 0 aliphatic carbocycles. The molecule has 0 aliphatic rings. The number of aromatic nitrogens is 4. The summed E-state index contributed by atoms with van der Waals surface area (Å²) in [5.74, 6) is 1.29. The van der Waals surface area contributed by atoms with Crippen LogP contribution in [-0.4, -0.2) is 33.8 Å². The van der Waals surface area contributed by atoms with Gasteiger partial charge in [-0.3, -0.25) is 4.79 Å². The molecule has 0 spiro atoms. The zero-order chi connectivity index (χ0) is 23.5. The van der Waals surface area contributed by atoms with Crippen molar-refractivity contribution < 1.29 is 9.26 Å². The van der Waals surface area contributed by atoms with Crippen LogP contribution in [0.1, 0.15) is 25.5 Å². The summed E-state index contributed by atoms with van der Waals surface area (Å²) in [7, 11) is 3.51. The smallest absolute Gasteiger partial charge is 0.250 e. The minimum Gasteiger partial charge on any atom is -0.496 e. The molecule has 3 aromatic heterocycles. The van der Waals surface area contributed by atoms with Crippen LogP contribution in [0.25, 0.3) is 34.0 Å². The van der Waals surface area contributed by atoms with E-state index in [9.17, 15) is 4.79 Å². The van der Waals surface area contributed by atoms with E-state index in [0.29, 0.717) is 28.6 Å². The first-order valence-electron chi connectivity index (χ1n) is 10.5. The maximum atomic E-state index is 12.1. The quantitative estimate of drug-likeness (QED) is 0.442. The van der Waals surface area contributed by atoms with Gasteiger partial charge in [0.15, 0.2) is 17.3 Å². The third-order valence-corrected chi connectivity index (χ3v) is 5.26. The van der Waals surface area contributed by atoms with Gasteiger partial charge < -0.3 is 24.9 Å². The minimum absolute atomic E-state index is 0.0185. The highest BCUT2D eigenvalue weighted by molar-refractivity contribution is 5.75. The normalized spacial score (nSPS) is 11.2. The first kappa shape index (κ1) is 22.2. The Hall–Kier alpha value is -3.98. The van der Waals surface area contributed by atoms with Crippen molar-refractivity contribution in [2.45, 2.75) is 26.4 Å². The van der Waals surface area contributed by atoms with E-state index in [1.165, 1.54) is 6.07 Å². The zero-order valence-corrected chi connectivity index (χ0v) is 19.0. The van der Waals surface area contributed by atoms with Gasteiger partial charge in [0.1, 0.15) is 11.4 Å². The Balaban J connectivity index is 1.72. The van der Waals surface area contributed by atoms with Gasteiger partial charge in [-0.05, 0) is 44.7 Å². The summed E-state index contributed by atoms with van der Waals surface area (Å²) in [6.45, 7) is 4.62. The summed E-state index contributed by atoms with van der Waals surface area (Å²) in [5.41, 5.74) is 10.2. The molecule has 3 heterocycles. The van der Waals surface area contributed by atoms with Crippen LogP contribution in [0.4, 0.5) is 5.82 Å². The van der Waals surface area contributed by atoms with Crippen LogP contribution in [0, 0.1) is 0 Å². The van der Waals surface area contributed by atoms with Crippen LogP contribution < -0.4 is 21.3 Å². The van der Waals surface area contributed by atoms with E-state index in [2.05, 4.69) is 20.4 Å². The highest BCUT2D eigenvalue weighted by atomic mass is 16.5. The molecule has 0 aliphatic heterocycles. The molecule has 9 heteroatoms. The van der Waals surface area contributed by atoms with Gasteiger partial charge in [0.2, 0.25) is 0 Å². The molecule has 0 amide bonds. The number of hydrogen-bond donors (Lipinski definition) is 2. The monoisotopic (exact) mass is 446 g/mol. The molecule has 0 atom stereocenters. The Morgan fingerprint density at radius 1 is 1.18 bits per heavy atom. The second-order valence-corrected chi connectivity index (χ2v) is 7.89. The largest absolute Gasteiger partial charge is 0.496 e. The Bertz CT molecular complexity index is 1340. The van der Waals surface area contributed by atoms with E-state index in [1.54, 1.807) is 36.2 Å². The molecule has 0 fully saturated rings. The van der Waals surface area contributed by atoms with Crippen LogP contribution in [0.3, 0.4) is 0 Å². The van der Waals surface area contributed by atoms with Crippen molar-refractivity contribution in [3.8, 4) is 39.7 Å². The first-order chi connectivity index (χ1) is 15.9. The van der Waals surface area contributed by atoms with Gasteiger partial charge in [-0.15, -0.1) is 0 Å². The topological polar surface area (TPSA) is 121 Å². The molecule has 33 heavy (non-hydrogen) atoms. The lowest BCUT2D eigenvalue weighted by atomic mass is 10.1. The molecule has 0 saturated carbocycles. The molecule has 0 bridgehead atoms. The van der Waals surface area contributed by atoms with Crippen molar-refractivity contribution >= 4 is 5.82 Å². The van der Waals surface area contributed by atoms with E-state index < -0.39 is 0 Å². The second-order valence-electron chi connectivity index (χ2n) is 7.89. The van der Waals surface area contributed by atoms with Gasteiger partial charge in [0.05, 0.1) is 19.0 Å². The Morgan fingerprint density at radius 2 is 2.00 bits per heavy atom. The van der Waals surface area contributed by atoms with Crippen LogP contribution in [-0.2, 0) is 6.54 Å². The Labute approximate surface area is 191 Å². The standard InChI is InChI=1S/C24H26N6O3/c1-14(2)30-13-16(6-8-22(30)31)19-12-27-24(25)23(28-19)21-10-18(29-33-21)17-7-5-15(11-26-3)9-20(17)32-4/h5-10,12-14,26H,11H2,1-4H3,(H2,25,27). The van der Waals surface area contributed by atoms with E-state index in [-0.39, 0.29) is 17.4 Å². The molecule has 0 unspecified atom stereocenters. The number of methoxy groups -OCH3 is 1. The third-order valence-electron chi connectivity index (χ3n) is 5.26. The van der Waals surface area contributed by atoms with Crippen LogP contribution >= 0.6 is 0 Å². The number of nitrogens with zero attached hydrogens (tertiary/aromatic N) is 4. The molecule has 1 aromatic carbocycles. The highest BCUT2D eigenvalue weighted by Gasteiger charge is 2.18. The lowest BCUT2D eigenvalue weighted by molar-refractivity contribution is 0.413. The fraction of sp³-hybridized carbons (Fsp3) is 0.250. The van der Waals surface area contributed by atoms with Gasteiger partial charge in [-0.1, -0.05) is 11.2 Å². The number of nitrogens with one attached hydrogen (secondary N) is 1. The molecule has 0 radical (unpaired) electrons. The summed E-state index contributed by atoms with van der Waals surface area (Å²) in [5, 5.41) is 7.32. The number of nitrogens with two attached hydrogens (primary N) is 1. The van der Waals surface area contributed by atoms with Crippen molar-refractivity contribution in [2.75, 3.05) is 19.9 Å². The number of benzene rings is 1. The third kappa shape index (κ3) is 4.49. The fourth-order valence-electron chi connectivity index (χ4n) is 3.55. The average molecular weight is 447 g/mol. The van der Waals surface area contributed by atoms with Crippen LogP contribution in [0.2, 0.25) is 0 Å². The lowest BCUT2D eigenvalue weighted by Crippen LogP contribution is -2.20. The molecule has 3 N–H and O–H groups in total. The zero-order valence-electron chi connectivity index (χ0n) is 19.0. The van der Waals surface area contributed by atoms with Crippen LogP contribution in [0.5, 0.6) is 5.75 Å². The van der Waals surface area contributed by atoms with Gasteiger partial charge in [-0.2, -0.15) is 0 Å². The maximum absolute atomic E-state index is 12.1. The molecule has 9 nitrogen and oxygen atoms in total. The predicted molar refractivity (Wildman–Crippen MR) is 127 cm³/mol. The van der Waals surface area contributed by atoms with Crippen molar-refractivity contribution in [1.82, 2.24) is 25.0 Å². The number of pyridine rings is 1. The van der Waals surface area contributed by atoms with E-state index in [4.69, 9.17) is 15.0 Å². The van der Waals surface area contributed by atoms with Crippen molar-refractivity contribution in [1.29, 1.82) is 0 Å². The molecule has 4 rings (SSSR count). The number of ether oxygens (including phenoxy) is 1. The number of nitrogen functional groups attached to an aromatic ring is 1. The highest BCUT2D eigenvalue weighted by Crippen LogP contribution is 2.34. The summed E-state index contributed by atoms with van der Waals surface area (Å²) >= 11 is 0. The Morgan fingerprint density at radius 3 is 2.73 bits per heavy atom. The van der Waals surface area contributed by atoms with Crippen molar-refractivity contribution in [2.24, 2.45) is 0 Å². The number of rotatable bonds is 7. The molecule has 4 aromatic rings. The first-order valence-corrected chi connectivity index (χ1v) is 10.5. The second kappa shape index (κ2) is 9.25. The summed E-state index contributed by atoms with van der Waals surface area (Å²) in [4.78, 5) is 21.0. The predicted octanol–water partition coefficient (Wildman–Crippen LogP) is 3.52. The maximum Gasteiger partial charge on any atom is 0.250 e. The molecule has 170 valence electrons. The number of anilines is 1. The molecule has 0 saturated heterocycles. The van der Waals surface area contributed by atoms with Gasteiger partial charge in [0.25, 0.3) is 5.56 Å². The average Bonchev–Trinajstić information content (AvgIpc) is 3.29. The fourth-order valence-corrected chi connectivity index (χ4v) is 3.55.